The van der Waals surface area contributed by atoms with E-state index in [1.54, 1.807) is 10.9 Å². The van der Waals surface area contributed by atoms with Gasteiger partial charge in [0.1, 0.15) is 11.9 Å². The van der Waals surface area contributed by atoms with Gasteiger partial charge in [-0.2, -0.15) is 5.10 Å². The molecule has 0 radical (unpaired) electrons. The lowest BCUT2D eigenvalue weighted by atomic mass is 9.85. The minimum atomic E-state index is -0.527. The van der Waals surface area contributed by atoms with Crippen molar-refractivity contribution in [3.63, 3.8) is 0 Å². The molecular weight excluding hydrogens is 285 g/mol. The van der Waals surface area contributed by atoms with Crippen LogP contribution in [0.3, 0.4) is 0 Å². The Balaban J connectivity index is 2.10. The van der Waals surface area contributed by atoms with Crippen molar-refractivity contribution in [2.24, 2.45) is 0 Å². The molecule has 116 valence electrons. The molecule has 1 N–H and O–H groups in total. The van der Waals surface area contributed by atoms with Gasteiger partial charge in [-0.15, -0.1) is 0 Å². The number of hydrogen-bond acceptors (Lipinski definition) is 3. The topological polar surface area (TPSA) is 64.0 Å². The molecule has 22 heavy (non-hydrogen) atoms. The van der Waals surface area contributed by atoms with Gasteiger partial charge in [0, 0.05) is 24.1 Å². The number of rotatable bonds is 1. The van der Waals surface area contributed by atoms with Crippen LogP contribution in [0.25, 0.3) is 10.9 Å². The average molecular weight is 303 g/mol. The summed E-state index contributed by atoms with van der Waals surface area (Å²) in [6.45, 7) is 6.01. The Kier molecular flexibility index (Phi) is 3.27. The summed E-state index contributed by atoms with van der Waals surface area (Å²) in [4.78, 5) is 23.2. The van der Waals surface area contributed by atoms with E-state index in [1.165, 1.54) is 12.1 Å². The number of nitrogens with zero attached hydrogens (tertiary/aromatic N) is 2. The number of imide groups is 1. The number of hydrogen-bond donors (Lipinski definition) is 1. The summed E-state index contributed by atoms with van der Waals surface area (Å²) in [7, 11) is 0. The first-order chi connectivity index (χ1) is 10.3. The van der Waals surface area contributed by atoms with E-state index in [1.807, 2.05) is 20.8 Å². The molecule has 2 heterocycles. The SMILES string of the molecule is CC(C)(C)c1cc(F)cc2nn(C3CCC(=O)NC3=O)cc12. The Labute approximate surface area is 127 Å². The molecule has 2 amide bonds. The minimum Gasteiger partial charge on any atom is -0.295 e. The van der Waals surface area contributed by atoms with E-state index in [9.17, 15) is 14.0 Å². The van der Waals surface area contributed by atoms with Gasteiger partial charge in [-0.05, 0) is 23.5 Å². The lowest BCUT2D eigenvalue weighted by Gasteiger charge is -2.21. The summed E-state index contributed by atoms with van der Waals surface area (Å²) in [5.41, 5.74) is 1.13. The number of fused-ring (bicyclic) bond motifs is 1. The van der Waals surface area contributed by atoms with Crippen LogP contribution < -0.4 is 5.32 Å². The highest BCUT2D eigenvalue weighted by atomic mass is 19.1. The van der Waals surface area contributed by atoms with E-state index in [0.29, 0.717) is 11.9 Å². The number of piperidine rings is 1. The smallest absolute Gasteiger partial charge is 0.251 e. The maximum absolute atomic E-state index is 13.8. The van der Waals surface area contributed by atoms with Crippen molar-refractivity contribution >= 4 is 22.7 Å². The normalized spacial score (nSPS) is 19.5. The number of benzene rings is 1. The first kappa shape index (κ1) is 14.7. The summed E-state index contributed by atoms with van der Waals surface area (Å²) < 4.78 is 15.4. The van der Waals surface area contributed by atoms with Crippen molar-refractivity contribution in [1.29, 1.82) is 0 Å². The van der Waals surface area contributed by atoms with Gasteiger partial charge in [-0.3, -0.25) is 19.6 Å². The zero-order valence-corrected chi connectivity index (χ0v) is 12.8. The average Bonchev–Trinajstić information content (AvgIpc) is 2.79. The molecule has 1 saturated heterocycles. The van der Waals surface area contributed by atoms with E-state index in [4.69, 9.17) is 0 Å². The highest BCUT2D eigenvalue weighted by Crippen LogP contribution is 2.32. The van der Waals surface area contributed by atoms with Crippen LogP contribution in [0.4, 0.5) is 4.39 Å². The zero-order chi connectivity index (χ0) is 16.1. The quantitative estimate of drug-likeness (QED) is 0.823. The summed E-state index contributed by atoms with van der Waals surface area (Å²) >= 11 is 0. The molecule has 1 aliphatic rings. The second-order valence-corrected chi connectivity index (χ2v) is 6.71. The van der Waals surface area contributed by atoms with Gasteiger partial charge in [0.2, 0.25) is 5.91 Å². The standard InChI is InChI=1S/C16H18FN3O2/c1-16(2,3)11-6-9(17)7-12-10(11)8-20(19-12)13-4-5-14(21)18-15(13)22/h6-8,13H,4-5H2,1-3H3,(H,18,21,22). The molecule has 1 aromatic carbocycles. The lowest BCUT2D eigenvalue weighted by molar-refractivity contribution is -0.135. The van der Waals surface area contributed by atoms with E-state index in [2.05, 4.69) is 10.4 Å². The zero-order valence-electron chi connectivity index (χ0n) is 12.8. The van der Waals surface area contributed by atoms with Gasteiger partial charge in [0.15, 0.2) is 0 Å². The van der Waals surface area contributed by atoms with E-state index in [0.717, 1.165) is 10.9 Å². The predicted octanol–water partition coefficient (Wildman–Crippen LogP) is 2.45. The summed E-state index contributed by atoms with van der Waals surface area (Å²) in [6.07, 6.45) is 2.47. The summed E-state index contributed by atoms with van der Waals surface area (Å²) in [5, 5.41) is 7.50. The van der Waals surface area contributed by atoms with Crippen molar-refractivity contribution in [2.75, 3.05) is 0 Å². The Morgan fingerprint density at radius 1 is 1.32 bits per heavy atom. The van der Waals surface area contributed by atoms with E-state index >= 15 is 0 Å². The Morgan fingerprint density at radius 2 is 2.05 bits per heavy atom. The van der Waals surface area contributed by atoms with E-state index < -0.39 is 6.04 Å². The van der Waals surface area contributed by atoms with E-state index in [-0.39, 0.29) is 29.5 Å². The van der Waals surface area contributed by atoms with Crippen LogP contribution >= 0.6 is 0 Å². The maximum Gasteiger partial charge on any atom is 0.251 e. The Morgan fingerprint density at radius 3 is 2.68 bits per heavy atom. The largest absolute Gasteiger partial charge is 0.295 e. The number of carbonyl (C=O) groups excluding carboxylic acids is 2. The second kappa shape index (κ2) is 4.90. The molecule has 0 spiro atoms. The number of aromatic nitrogens is 2. The highest BCUT2D eigenvalue weighted by Gasteiger charge is 2.29. The second-order valence-electron chi connectivity index (χ2n) is 6.71. The van der Waals surface area contributed by atoms with Crippen LogP contribution in [0.5, 0.6) is 0 Å². The summed E-state index contributed by atoms with van der Waals surface area (Å²) in [5.74, 6) is -0.966. The molecule has 5 nitrogen and oxygen atoms in total. The third-order valence-corrected chi connectivity index (χ3v) is 3.94. The number of nitrogens with one attached hydrogen (secondary N) is 1. The van der Waals surface area contributed by atoms with Crippen LogP contribution in [0.15, 0.2) is 18.3 Å². The third-order valence-electron chi connectivity index (χ3n) is 3.94. The third kappa shape index (κ3) is 2.49. The molecule has 0 aliphatic carbocycles. The predicted molar refractivity (Wildman–Crippen MR) is 79.8 cm³/mol. The van der Waals surface area contributed by atoms with Crippen molar-refractivity contribution < 1.29 is 14.0 Å². The van der Waals surface area contributed by atoms with Gasteiger partial charge in [-0.1, -0.05) is 20.8 Å². The van der Waals surface area contributed by atoms with Crippen LogP contribution in [-0.4, -0.2) is 21.6 Å². The van der Waals surface area contributed by atoms with Crippen molar-refractivity contribution in [3.8, 4) is 0 Å². The highest BCUT2D eigenvalue weighted by molar-refractivity contribution is 5.99. The molecule has 1 unspecified atom stereocenters. The van der Waals surface area contributed by atoms with Crippen molar-refractivity contribution in [1.82, 2.24) is 15.1 Å². The van der Waals surface area contributed by atoms with Crippen LogP contribution in [0.2, 0.25) is 0 Å². The fourth-order valence-electron chi connectivity index (χ4n) is 2.82. The van der Waals surface area contributed by atoms with Crippen LogP contribution in [0.1, 0.15) is 45.2 Å². The monoisotopic (exact) mass is 303 g/mol. The Hall–Kier alpha value is -2.24. The molecule has 2 aromatic rings. The van der Waals surface area contributed by atoms with Gasteiger partial charge in [0.05, 0.1) is 5.52 Å². The van der Waals surface area contributed by atoms with Crippen LogP contribution in [0, 0.1) is 5.82 Å². The molecule has 1 aromatic heterocycles. The molecule has 1 aliphatic heterocycles. The molecule has 6 heteroatoms. The van der Waals surface area contributed by atoms with Gasteiger partial charge < -0.3 is 0 Å². The fraction of sp³-hybridized carbons (Fsp3) is 0.438. The van der Waals surface area contributed by atoms with Gasteiger partial charge >= 0.3 is 0 Å². The summed E-state index contributed by atoms with van der Waals surface area (Å²) in [6, 6.07) is 2.35. The van der Waals surface area contributed by atoms with Gasteiger partial charge in [-0.25, -0.2) is 4.39 Å². The molecule has 0 saturated carbocycles. The molecule has 1 atom stereocenters. The number of carbonyl (C=O) groups is 2. The first-order valence-corrected chi connectivity index (χ1v) is 7.28. The maximum atomic E-state index is 13.8. The number of halogens is 1. The lowest BCUT2D eigenvalue weighted by Crippen LogP contribution is -2.41. The molecule has 0 bridgehead atoms. The first-order valence-electron chi connectivity index (χ1n) is 7.28. The van der Waals surface area contributed by atoms with Gasteiger partial charge in [0.25, 0.3) is 5.91 Å². The molecule has 1 fully saturated rings. The fourth-order valence-corrected chi connectivity index (χ4v) is 2.82. The molecular formula is C16H18FN3O2. The molecule has 3 rings (SSSR count). The minimum absolute atomic E-state index is 0.237. The Bertz CT molecular complexity index is 774. The van der Waals surface area contributed by atoms with Crippen LogP contribution in [-0.2, 0) is 15.0 Å². The number of amides is 2. The van der Waals surface area contributed by atoms with Crippen molar-refractivity contribution in [3.05, 3.63) is 29.7 Å². The van der Waals surface area contributed by atoms with Crippen molar-refractivity contribution in [2.45, 2.75) is 45.1 Å².